The number of rotatable bonds is 5. The molecule has 21 heavy (non-hydrogen) atoms. The van der Waals surface area contributed by atoms with Gasteiger partial charge in [0, 0.05) is 22.9 Å². The van der Waals surface area contributed by atoms with E-state index >= 15 is 0 Å². The number of amides is 1. The quantitative estimate of drug-likeness (QED) is 0.889. The Kier molecular flexibility index (Phi) is 5.12. The zero-order valence-corrected chi connectivity index (χ0v) is 14.0. The van der Waals surface area contributed by atoms with Crippen LogP contribution in [-0.2, 0) is 0 Å². The summed E-state index contributed by atoms with van der Waals surface area (Å²) in [5.74, 6) is 1.08. The Hall–Kier alpha value is -1.69. The monoisotopic (exact) mass is 350 g/mol. The minimum Gasteiger partial charge on any atom is -0.307 e. The van der Waals surface area contributed by atoms with E-state index in [1.165, 1.54) is 0 Å². The average molecular weight is 351 g/mol. The van der Waals surface area contributed by atoms with Gasteiger partial charge in [-0.25, -0.2) is 4.68 Å². The summed E-state index contributed by atoms with van der Waals surface area (Å²) in [6, 6.07) is 3.77. The van der Waals surface area contributed by atoms with Gasteiger partial charge in [-0.3, -0.25) is 9.78 Å². The Bertz CT molecular complexity index is 624. The molecule has 1 amide bonds. The molecule has 2 aromatic heterocycles. The fourth-order valence-corrected chi connectivity index (χ4v) is 2.64. The summed E-state index contributed by atoms with van der Waals surface area (Å²) in [5, 5.41) is 7.20. The third-order valence-electron chi connectivity index (χ3n) is 3.11. The number of carbonyl (C=O) groups excluding carboxylic acids is 1. The fourth-order valence-electron chi connectivity index (χ4n) is 2.27. The highest BCUT2D eigenvalue weighted by molar-refractivity contribution is 9.10. The van der Waals surface area contributed by atoms with Crippen LogP contribution in [0.4, 0.5) is 5.82 Å². The van der Waals surface area contributed by atoms with Gasteiger partial charge in [0.05, 0.1) is 17.8 Å². The van der Waals surface area contributed by atoms with Crippen LogP contribution < -0.4 is 5.32 Å². The van der Waals surface area contributed by atoms with Crippen LogP contribution >= 0.6 is 15.9 Å². The van der Waals surface area contributed by atoms with Crippen LogP contribution in [0.2, 0.25) is 0 Å². The molecule has 0 bridgehead atoms. The van der Waals surface area contributed by atoms with Crippen molar-refractivity contribution >= 4 is 27.7 Å². The number of anilines is 1. The molecule has 0 fully saturated rings. The van der Waals surface area contributed by atoms with Crippen LogP contribution in [0.5, 0.6) is 0 Å². The molecule has 2 heterocycles. The van der Waals surface area contributed by atoms with E-state index in [9.17, 15) is 4.79 Å². The molecule has 6 heteroatoms. The van der Waals surface area contributed by atoms with Crippen molar-refractivity contribution < 1.29 is 4.79 Å². The van der Waals surface area contributed by atoms with Gasteiger partial charge in [0.15, 0.2) is 0 Å². The molecule has 0 aromatic carbocycles. The minimum absolute atomic E-state index is 0.192. The second kappa shape index (κ2) is 6.85. The molecular weight excluding hydrogens is 332 g/mol. The van der Waals surface area contributed by atoms with Gasteiger partial charge in [-0.05, 0) is 41.3 Å². The Labute approximate surface area is 132 Å². The molecule has 5 nitrogen and oxygen atoms in total. The molecule has 1 unspecified atom stereocenters. The smallest absolute Gasteiger partial charge is 0.258 e. The van der Waals surface area contributed by atoms with Crippen molar-refractivity contribution in [1.82, 2.24) is 14.8 Å². The van der Waals surface area contributed by atoms with Gasteiger partial charge in [-0.15, -0.1) is 0 Å². The Morgan fingerprint density at radius 3 is 2.81 bits per heavy atom. The van der Waals surface area contributed by atoms with Gasteiger partial charge in [0.2, 0.25) is 0 Å². The van der Waals surface area contributed by atoms with Gasteiger partial charge >= 0.3 is 0 Å². The van der Waals surface area contributed by atoms with Crippen LogP contribution in [0.3, 0.4) is 0 Å². The van der Waals surface area contributed by atoms with E-state index in [0.29, 0.717) is 17.3 Å². The molecule has 0 aliphatic heterocycles. The van der Waals surface area contributed by atoms with Gasteiger partial charge in [-0.1, -0.05) is 13.8 Å². The average Bonchev–Trinajstić information content (AvgIpc) is 2.86. The number of pyridine rings is 1. The lowest BCUT2D eigenvalue weighted by atomic mass is 10.1. The van der Waals surface area contributed by atoms with E-state index in [1.807, 2.05) is 4.68 Å². The number of hydrogen-bond donors (Lipinski definition) is 1. The zero-order chi connectivity index (χ0) is 15.4. The maximum absolute atomic E-state index is 12.2. The number of nitrogens with zero attached hydrogens (tertiary/aromatic N) is 3. The lowest BCUT2D eigenvalue weighted by molar-refractivity contribution is 0.102. The first-order valence-electron chi connectivity index (χ1n) is 6.92. The molecule has 0 aliphatic rings. The molecule has 112 valence electrons. The van der Waals surface area contributed by atoms with Crippen molar-refractivity contribution in [2.75, 3.05) is 5.32 Å². The second-order valence-electron chi connectivity index (χ2n) is 5.49. The number of aromatic nitrogens is 3. The van der Waals surface area contributed by atoms with E-state index in [-0.39, 0.29) is 11.9 Å². The van der Waals surface area contributed by atoms with E-state index in [2.05, 4.69) is 52.1 Å². The standard InChI is InChI=1S/C15H19BrN4O/c1-10(2)6-11(3)20-14(4-5-18-20)19-15(21)12-7-13(16)9-17-8-12/h4-5,7-11H,6H2,1-3H3,(H,19,21). The van der Waals surface area contributed by atoms with Gasteiger partial charge in [-0.2, -0.15) is 5.10 Å². The summed E-state index contributed by atoms with van der Waals surface area (Å²) in [7, 11) is 0. The number of hydrogen-bond acceptors (Lipinski definition) is 3. The van der Waals surface area contributed by atoms with Crippen molar-refractivity contribution in [3.8, 4) is 0 Å². The van der Waals surface area contributed by atoms with Crippen molar-refractivity contribution in [2.24, 2.45) is 5.92 Å². The molecule has 0 radical (unpaired) electrons. The van der Waals surface area contributed by atoms with Crippen LogP contribution in [0.1, 0.15) is 43.6 Å². The van der Waals surface area contributed by atoms with Gasteiger partial charge in [0.25, 0.3) is 5.91 Å². The van der Waals surface area contributed by atoms with Crippen molar-refractivity contribution in [3.63, 3.8) is 0 Å². The molecule has 1 atom stereocenters. The molecule has 1 N–H and O–H groups in total. The highest BCUT2D eigenvalue weighted by Gasteiger charge is 2.15. The Morgan fingerprint density at radius 1 is 1.38 bits per heavy atom. The Balaban J connectivity index is 2.13. The van der Waals surface area contributed by atoms with Crippen LogP contribution in [-0.4, -0.2) is 20.7 Å². The molecule has 0 saturated heterocycles. The lowest BCUT2D eigenvalue weighted by Crippen LogP contribution is -2.18. The first-order valence-corrected chi connectivity index (χ1v) is 7.72. The number of nitrogens with one attached hydrogen (secondary N) is 1. The summed E-state index contributed by atoms with van der Waals surface area (Å²) in [6.07, 6.45) is 5.89. The zero-order valence-electron chi connectivity index (χ0n) is 12.4. The third kappa shape index (κ3) is 4.14. The largest absolute Gasteiger partial charge is 0.307 e. The van der Waals surface area contributed by atoms with Crippen molar-refractivity contribution in [3.05, 3.63) is 40.8 Å². The summed E-state index contributed by atoms with van der Waals surface area (Å²) in [5.41, 5.74) is 0.508. The summed E-state index contributed by atoms with van der Waals surface area (Å²) >= 11 is 3.31. The lowest BCUT2D eigenvalue weighted by Gasteiger charge is -2.17. The van der Waals surface area contributed by atoms with Crippen molar-refractivity contribution in [1.29, 1.82) is 0 Å². The molecule has 0 aliphatic carbocycles. The maximum Gasteiger partial charge on any atom is 0.258 e. The third-order valence-corrected chi connectivity index (χ3v) is 3.54. The maximum atomic E-state index is 12.2. The van der Waals surface area contributed by atoms with Crippen LogP contribution in [0, 0.1) is 5.92 Å². The van der Waals surface area contributed by atoms with Crippen molar-refractivity contribution in [2.45, 2.75) is 33.2 Å². The fraction of sp³-hybridized carbons (Fsp3) is 0.400. The SMILES string of the molecule is CC(C)CC(C)n1nccc1NC(=O)c1cncc(Br)c1. The summed E-state index contributed by atoms with van der Waals surface area (Å²) in [4.78, 5) is 16.2. The van der Waals surface area contributed by atoms with E-state index in [1.54, 1.807) is 30.7 Å². The highest BCUT2D eigenvalue weighted by atomic mass is 79.9. The van der Waals surface area contributed by atoms with Crippen LogP contribution in [0.15, 0.2) is 35.2 Å². The summed E-state index contributed by atoms with van der Waals surface area (Å²) in [6.45, 7) is 6.44. The highest BCUT2D eigenvalue weighted by Crippen LogP contribution is 2.21. The first-order chi connectivity index (χ1) is 9.97. The normalized spacial score (nSPS) is 12.4. The molecule has 2 rings (SSSR count). The van der Waals surface area contributed by atoms with E-state index < -0.39 is 0 Å². The molecule has 0 saturated carbocycles. The first kappa shape index (κ1) is 15.7. The predicted octanol–water partition coefficient (Wildman–Crippen LogP) is 3.90. The van der Waals surface area contributed by atoms with E-state index in [4.69, 9.17) is 0 Å². The molecular formula is C15H19BrN4O. The minimum atomic E-state index is -0.192. The summed E-state index contributed by atoms with van der Waals surface area (Å²) < 4.78 is 2.63. The molecule has 2 aromatic rings. The van der Waals surface area contributed by atoms with Gasteiger partial charge in [0.1, 0.15) is 5.82 Å². The molecule has 0 spiro atoms. The predicted molar refractivity (Wildman–Crippen MR) is 86.3 cm³/mol. The topological polar surface area (TPSA) is 59.8 Å². The van der Waals surface area contributed by atoms with E-state index in [0.717, 1.165) is 10.9 Å². The second-order valence-corrected chi connectivity index (χ2v) is 6.40. The van der Waals surface area contributed by atoms with Gasteiger partial charge < -0.3 is 5.32 Å². The Morgan fingerprint density at radius 2 is 2.14 bits per heavy atom. The number of carbonyl (C=O) groups is 1. The number of halogens is 1. The van der Waals surface area contributed by atoms with Crippen LogP contribution in [0.25, 0.3) is 0 Å².